The Morgan fingerprint density at radius 3 is 2.63 bits per heavy atom. The van der Waals surface area contributed by atoms with E-state index in [4.69, 9.17) is 4.74 Å². The van der Waals surface area contributed by atoms with Crippen molar-refractivity contribution in [1.29, 1.82) is 0 Å². The molecule has 0 spiro atoms. The van der Waals surface area contributed by atoms with Crippen molar-refractivity contribution in [1.82, 2.24) is 4.90 Å². The maximum Gasteiger partial charge on any atom is 0.264 e. The zero-order chi connectivity index (χ0) is 19.6. The Labute approximate surface area is 160 Å². The van der Waals surface area contributed by atoms with Crippen molar-refractivity contribution in [3.05, 3.63) is 53.6 Å². The number of benzene rings is 2. The van der Waals surface area contributed by atoms with Crippen molar-refractivity contribution in [2.24, 2.45) is 0 Å². The van der Waals surface area contributed by atoms with E-state index in [9.17, 15) is 13.2 Å². The van der Waals surface area contributed by atoms with Crippen LogP contribution in [0.2, 0.25) is 0 Å². The number of hydrogen-bond donors (Lipinski definition) is 0. The van der Waals surface area contributed by atoms with Crippen LogP contribution >= 0.6 is 0 Å². The minimum absolute atomic E-state index is 0.0839. The van der Waals surface area contributed by atoms with Crippen LogP contribution in [0.25, 0.3) is 0 Å². The van der Waals surface area contributed by atoms with Gasteiger partial charge in [-0.3, -0.25) is 9.10 Å². The summed E-state index contributed by atoms with van der Waals surface area (Å²) in [6.07, 6.45) is 1.68. The molecule has 6 nitrogen and oxygen atoms in total. The van der Waals surface area contributed by atoms with Gasteiger partial charge in [0.2, 0.25) is 0 Å². The third kappa shape index (κ3) is 3.93. The molecule has 0 radical (unpaired) electrons. The summed E-state index contributed by atoms with van der Waals surface area (Å²) in [5, 5.41) is 0. The first-order valence-electron chi connectivity index (χ1n) is 8.85. The standard InChI is InChI=1S/C20H24N2O4S/c1-15-13-17(10-11-19(15)26-14-20(23)21(2)3)27(24,25)22-12-6-8-16-7-4-5-9-18(16)22/h4-5,7,9-11,13H,6,8,12,14H2,1-3H3. The van der Waals surface area contributed by atoms with Gasteiger partial charge in [-0.15, -0.1) is 0 Å². The molecule has 27 heavy (non-hydrogen) atoms. The highest BCUT2D eigenvalue weighted by Gasteiger charge is 2.29. The smallest absolute Gasteiger partial charge is 0.264 e. The molecule has 2 aromatic carbocycles. The number of sulfonamides is 1. The molecule has 0 unspecified atom stereocenters. The van der Waals surface area contributed by atoms with Crippen LogP contribution in [0.4, 0.5) is 5.69 Å². The molecule has 0 bridgehead atoms. The van der Waals surface area contributed by atoms with Crippen molar-refractivity contribution in [3.8, 4) is 5.75 Å². The van der Waals surface area contributed by atoms with Gasteiger partial charge in [0.05, 0.1) is 10.6 Å². The summed E-state index contributed by atoms with van der Waals surface area (Å²) in [6, 6.07) is 12.4. The lowest BCUT2D eigenvalue weighted by Gasteiger charge is -2.30. The first kappa shape index (κ1) is 19.2. The largest absolute Gasteiger partial charge is 0.483 e. The topological polar surface area (TPSA) is 66.9 Å². The molecule has 1 amide bonds. The zero-order valence-corrected chi connectivity index (χ0v) is 16.6. The second-order valence-corrected chi connectivity index (χ2v) is 8.68. The predicted octanol–water partition coefficient (Wildman–Crippen LogP) is 2.60. The fraction of sp³-hybridized carbons (Fsp3) is 0.350. The van der Waals surface area contributed by atoms with Gasteiger partial charge < -0.3 is 9.64 Å². The minimum atomic E-state index is -3.66. The number of anilines is 1. The van der Waals surface area contributed by atoms with E-state index < -0.39 is 10.0 Å². The number of aryl methyl sites for hydroxylation is 2. The van der Waals surface area contributed by atoms with Crippen LogP contribution in [-0.4, -0.2) is 46.5 Å². The molecule has 144 valence electrons. The van der Waals surface area contributed by atoms with E-state index >= 15 is 0 Å². The van der Waals surface area contributed by atoms with Crippen LogP contribution < -0.4 is 9.04 Å². The first-order chi connectivity index (χ1) is 12.8. The van der Waals surface area contributed by atoms with Crippen molar-refractivity contribution in [2.45, 2.75) is 24.7 Å². The molecular weight excluding hydrogens is 364 g/mol. The highest BCUT2D eigenvalue weighted by atomic mass is 32.2. The Morgan fingerprint density at radius 1 is 1.19 bits per heavy atom. The van der Waals surface area contributed by atoms with Gasteiger partial charge in [0.15, 0.2) is 6.61 Å². The first-order valence-corrected chi connectivity index (χ1v) is 10.3. The average molecular weight is 388 g/mol. The fourth-order valence-electron chi connectivity index (χ4n) is 3.09. The summed E-state index contributed by atoms with van der Waals surface area (Å²) in [5.74, 6) is 0.346. The summed E-state index contributed by atoms with van der Waals surface area (Å²) in [7, 11) is -0.342. The lowest BCUT2D eigenvalue weighted by atomic mass is 10.0. The number of hydrogen-bond acceptors (Lipinski definition) is 4. The summed E-state index contributed by atoms with van der Waals surface area (Å²) in [5.41, 5.74) is 2.47. The quantitative estimate of drug-likeness (QED) is 0.790. The maximum atomic E-state index is 13.2. The van der Waals surface area contributed by atoms with Gasteiger partial charge in [-0.1, -0.05) is 18.2 Å². The summed E-state index contributed by atoms with van der Waals surface area (Å²) < 4.78 is 33.4. The van der Waals surface area contributed by atoms with Crippen molar-refractivity contribution < 1.29 is 17.9 Å². The number of para-hydroxylation sites is 1. The molecule has 7 heteroatoms. The monoisotopic (exact) mass is 388 g/mol. The molecule has 0 saturated carbocycles. The van der Waals surface area contributed by atoms with Gasteiger partial charge in [0.1, 0.15) is 5.75 Å². The molecule has 0 fully saturated rings. The lowest BCUT2D eigenvalue weighted by Crippen LogP contribution is -2.35. The Kier molecular flexibility index (Phi) is 5.41. The van der Waals surface area contributed by atoms with E-state index in [-0.39, 0.29) is 17.4 Å². The van der Waals surface area contributed by atoms with Gasteiger partial charge in [-0.2, -0.15) is 0 Å². The van der Waals surface area contributed by atoms with E-state index in [2.05, 4.69) is 0 Å². The average Bonchev–Trinajstić information content (AvgIpc) is 2.66. The molecule has 0 N–H and O–H groups in total. The number of fused-ring (bicyclic) bond motifs is 1. The summed E-state index contributed by atoms with van der Waals surface area (Å²) in [6.45, 7) is 2.16. The van der Waals surface area contributed by atoms with Crippen LogP contribution in [0, 0.1) is 6.92 Å². The van der Waals surface area contributed by atoms with Gasteiger partial charge in [-0.25, -0.2) is 8.42 Å². The van der Waals surface area contributed by atoms with E-state index in [0.29, 0.717) is 17.9 Å². The van der Waals surface area contributed by atoms with E-state index in [1.807, 2.05) is 24.3 Å². The Bertz CT molecular complexity index is 954. The van der Waals surface area contributed by atoms with Crippen LogP contribution in [0.5, 0.6) is 5.75 Å². The van der Waals surface area contributed by atoms with E-state index in [1.165, 1.54) is 15.3 Å². The summed E-state index contributed by atoms with van der Waals surface area (Å²) >= 11 is 0. The number of carbonyl (C=O) groups is 1. The van der Waals surface area contributed by atoms with Crippen molar-refractivity contribution in [2.75, 3.05) is 31.6 Å². The SMILES string of the molecule is Cc1cc(S(=O)(=O)N2CCCc3ccccc32)ccc1OCC(=O)N(C)C. The van der Waals surface area contributed by atoms with Crippen molar-refractivity contribution in [3.63, 3.8) is 0 Å². The molecule has 0 aromatic heterocycles. The Morgan fingerprint density at radius 2 is 1.93 bits per heavy atom. The highest BCUT2D eigenvalue weighted by molar-refractivity contribution is 7.92. The second kappa shape index (κ2) is 7.60. The highest BCUT2D eigenvalue weighted by Crippen LogP contribution is 2.33. The molecule has 0 aliphatic carbocycles. The molecule has 1 heterocycles. The van der Waals surface area contributed by atoms with Crippen LogP contribution in [0.3, 0.4) is 0 Å². The number of likely N-dealkylation sites (N-methyl/N-ethyl adjacent to an activating group) is 1. The second-order valence-electron chi connectivity index (χ2n) is 6.81. The molecule has 2 aromatic rings. The molecule has 0 atom stereocenters. The van der Waals surface area contributed by atoms with Crippen LogP contribution in [0.15, 0.2) is 47.4 Å². The number of ether oxygens (including phenoxy) is 1. The van der Waals surface area contributed by atoms with E-state index in [1.54, 1.807) is 33.2 Å². The minimum Gasteiger partial charge on any atom is -0.483 e. The van der Waals surface area contributed by atoms with Gasteiger partial charge in [0, 0.05) is 20.6 Å². The van der Waals surface area contributed by atoms with Crippen LogP contribution in [-0.2, 0) is 21.2 Å². The predicted molar refractivity (Wildman–Crippen MR) is 105 cm³/mol. The molecule has 1 aliphatic rings. The lowest BCUT2D eigenvalue weighted by molar-refractivity contribution is -0.130. The molecule has 1 aliphatic heterocycles. The molecule has 3 rings (SSSR count). The van der Waals surface area contributed by atoms with Gasteiger partial charge >= 0.3 is 0 Å². The summed E-state index contributed by atoms with van der Waals surface area (Å²) in [4.78, 5) is 13.3. The number of nitrogens with zero attached hydrogens (tertiary/aromatic N) is 2. The normalized spacial score (nSPS) is 13.8. The van der Waals surface area contributed by atoms with Gasteiger partial charge in [-0.05, 0) is 55.2 Å². The maximum absolute atomic E-state index is 13.2. The van der Waals surface area contributed by atoms with E-state index in [0.717, 1.165) is 24.1 Å². The molecule has 0 saturated heterocycles. The number of amides is 1. The third-order valence-corrected chi connectivity index (χ3v) is 6.46. The molecular formula is C20H24N2O4S. The van der Waals surface area contributed by atoms with Gasteiger partial charge in [0.25, 0.3) is 15.9 Å². The fourth-order valence-corrected chi connectivity index (χ4v) is 4.72. The van der Waals surface area contributed by atoms with Crippen molar-refractivity contribution >= 4 is 21.6 Å². The Hall–Kier alpha value is -2.54. The number of carbonyl (C=O) groups excluding carboxylic acids is 1. The Balaban J connectivity index is 1.86. The third-order valence-electron chi connectivity index (χ3n) is 4.65. The number of rotatable bonds is 5. The van der Waals surface area contributed by atoms with Crippen LogP contribution in [0.1, 0.15) is 17.5 Å². The zero-order valence-electron chi connectivity index (χ0n) is 15.8.